The van der Waals surface area contributed by atoms with Crippen LogP contribution in [0.2, 0.25) is 5.02 Å². The molecule has 4 nitrogen and oxygen atoms in total. The summed E-state index contributed by atoms with van der Waals surface area (Å²) in [4.78, 5) is 11.9. The average Bonchev–Trinajstić information content (AvgIpc) is 2.79. The normalized spacial score (nSPS) is 27.4. The maximum Gasteiger partial charge on any atom is 0.258 e. The van der Waals surface area contributed by atoms with E-state index < -0.39 is 5.82 Å². The highest BCUT2D eigenvalue weighted by atomic mass is 35.5. The highest BCUT2D eigenvalue weighted by Crippen LogP contribution is 2.26. The first kappa shape index (κ1) is 14.6. The van der Waals surface area contributed by atoms with Crippen molar-refractivity contribution in [3.05, 3.63) is 29.0 Å². The van der Waals surface area contributed by atoms with E-state index >= 15 is 0 Å². The van der Waals surface area contributed by atoms with Crippen molar-refractivity contribution in [2.75, 3.05) is 6.61 Å². The molecule has 1 aromatic rings. The van der Waals surface area contributed by atoms with Crippen molar-refractivity contribution in [1.82, 2.24) is 10.6 Å². The third-order valence-electron chi connectivity index (χ3n) is 4.10. The van der Waals surface area contributed by atoms with E-state index in [1.807, 2.05) is 0 Å². The molecule has 0 radical (unpaired) electrons. The van der Waals surface area contributed by atoms with Gasteiger partial charge < -0.3 is 15.4 Å². The lowest BCUT2D eigenvalue weighted by molar-refractivity contribution is -0.124. The SMILES string of the molecule is O=C(COc1ccc(F)c(Cl)c1)NC1CC2CCC(C1)N2. The number of carbonyl (C=O) groups excluding carboxylic acids is 1. The van der Waals surface area contributed by atoms with Gasteiger partial charge in [0.15, 0.2) is 6.61 Å². The Morgan fingerprint density at radius 3 is 2.76 bits per heavy atom. The predicted octanol–water partition coefficient (Wildman–Crippen LogP) is 2.26. The zero-order valence-corrected chi connectivity index (χ0v) is 12.3. The first-order valence-corrected chi connectivity index (χ1v) is 7.61. The molecule has 2 unspecified atom stereocenters. The van der Waals surface area contributed by atoms with Crippen LogP contribution in [0.25, 0.3) is 0 Å². The summed E-state index contributed by atoms with van der Waals surface area (Å²) >= 11 is 5.66. The van der Waals surface area contributed by atoms with Crippen molar-refractivity contribution >= 4 is 17.5 Å². The molecule has 2 saturated heterocycles. The number of benzene rings is 1. The topological polar surface area (TPSA) is 50.4 Å². The van der Waals surface area contributed by atoms with Crippen LogP contribution in [-0.4, -0.2) is 30.6 Å². The van der Waals surface area contributed by atoms with E-state index in [0.717, 1.165) is 12.8 Å². The maximum atomic E-state index is 13.0. The molecule has 2 N–H and O–H groups in total. The van der Waals surface area contributed by atoms with Crippen LogP contribution in [0.3, 0.4) is 0 Å². The summed E-state index contributed by atoms with van der Waals surface area (Å²) in [5.74, 6) is -0.262. The molecule has 1 aromatic carbocycles. The number of hydrogen-bond donors (Lipinski definition) is 2. The van der Waals surface area contributed by atoms with Crippen LogP contribution in [0.1, 0.15) is 25.7 Å². The van der Waals surface area contributed by atoms with Crippen molar-refractivity contribution in [1.29, 1.82) is 0 Å². The fourth-order valence-corrected chi connectivity index (χ4v) is 3.33. The van der Waals surface area contributed by atoms with Crippen LogP contribution in [0.5, 0.6) is 5.75 Å². The van der Waals surface area contributed by atoms with Crippen LogP contribution in [0.4, 0.5) is 4.39 Å². The molecule has 0 aromatic heterocycles. The van der Waals surface area contributed by atoms with Crippen molar-refractivity contribution in [3.8, 4) is 5.75 Å². The Hall–Kier alpha value is -1.33. The molecule has 2 atom stereocenters. The van der Waals surface area contributed by atoms with Crippen LogP contribution in [0.15, 0.2) is 18.2 Å². The van der Waals surface area contributed by atoms with Crippen molar-refractivity contribution < 1.29 is 13.9 Å². The summed E-state index contributed by atoms with van der Waals surface area (Å²) in [6.45, 7) is -0.0821. The third kappa shape index (κ3) is 3.66. The number of nitrogens with one attached hydrogen (secondary N) is 2. The van der Waals surface area contributed by atoms with E-state index in [0.29, 0.717) is 17.8 Å². The Balaban J connectivity index is 1.47. The highest BCUT2D eigenvalue weighted by molar-refractivity contribution is 6.30. The predicted molar refractivity (Wildman–Crippen MR) is 78.0 cm³/mol. The van der Waals surface area contributed by atoms with Crippen molar-refractivity contribution in [2.24, 2.45) is 0 Å². The Bertz CT molecular complexity index is 528. The van der Waals surface area contributed by atoms with E-state index in [9.17, 15) is 9.18 Å². The van der Waals surface area contributed by atoms with Gasteiger partial charge in [0.05, 0.1) is 5.02 Å². The van der Waals surface area contributed by atoms with Gasteiger partial charge in [0.1, 0.15) is 11.6 Å². The number of halogens is 2. The number of amides is 1. The zero-order chi connectivity index (χ0) is 14.8. The molecule has 2 aliphatic heterocycles. The molecule has 1 amide bonds. The molecule has 6 heteroatoms. The Labute approximate surface area is 128 Å². The number of fused-ring (bicyclic) bond motifs is 2. The van der Waals surface area contributed by atoms with E-state index in [1.54, 1.807) is 0 Å². The highest BCUT2D eigenvalue weighted by Gasteiger charge is 2.33. The molecule has 0 spiro atoms. The second-order valence-electron chi connectivity index (χ2n) is 5.74. The van der Waals surface area contributed by atoms with Crippen molar-refractivity contribution in [2.45, 2.75) is 43.8 Å². The molecule has 2 heterocycles. The minimum absolute atomic E-state index is 0.0113. The van der Waals surface area contributed by atoms with Gasteiger partial charge in [-0.25, -0.2) is 4.39 Å². The number of ether oxygens (including phenoxy) is 1. The molecule has 2 aliphatic rings. The van der Waals surface area contributed by atoms with Gasteiger partial charge in [-0.1, -0.05) is 11.6 Å². The summed E-state index contributed by atoms with van der Waals surface area (Å²) in [5, 5.41) is 6.52. The monoisotopic (exact) mass is 312 g/mol. The average molecular weight is 313 g/mol. The van der Waals surface area contributed by atoms with E-state index in [-0.39, 0.29) is 23.6 Å². The van der Waals surface area contributed by atoms with Crippen LogP contribution in [-0.2, 0) is 4.79 Å². The van der Waals surface area contributed by atoms with Gasteiger partial charge in [0, 0.05) is 24.2 Å². The molecular formula is C15H18ClFN2O2. The van der Waals surface area contributed by atoms with Gasteiger partial charge in [-0.2, -0.15) is 0 Å². The summed E-state index contributed by atoms with van der Waals surface area (Å²) < 4.78 is 18.3. The molecule has 0 aliphatic carbocycles. The van der Waals surface area contributed by atoms with Gasteiger partial charge in [-0.15, -0.1) is 0 Å². The number of carbonyl (C=O) groups is 1. The molecule has 114 valence electrons. The standard InChI is InChI=1S/C15H18ClFN2O2/c16-13-7-12(3-4-14(13)17)21-8-15(20)19-11-5-9-1-2-10(6-11)18-9/h3-4,7,9-11,18H,1-2,5-6,8H2,(H,19,20). The second kappa shape index (κ2) is 6.20. The zero-order valence-electron chi connectivity index (χ0n) is 11.6. The minimum atomic E-state index is -0.501. The molecule has 2 fully saturated rings. The van der Waals surface area contributed by atoms with Gasteiger partial charge in [0.25, 0.3) is 5.91 Å². The maximum absolute atomic E-state index is 13.0. The largest absolute Gasteiger partial charge is 0.484 e. The van der Waals surface area contributed by atoms with Gasteiger partial charge in [-0.3, -0.25) is 4.79 Å². The molecule has 3 rings (SSSR count). The Morgan fingerprint density at radius 2 is 2.10 bits per heavy atom. The molecule has 0 saturated carbocycles. The molecule has 2 bridgehead atoms. The lowest BCUT2D eigenvalue weighted by Gasteiger charge is -2.29. The Kier molecular flexibility index (Phi) is 4.31. The van der Waals surface area contributed by atoms with Crippen LogP contribution < -0.4 is 15.4 Å². The summed E-state index contributed by atoms with van der Waals surface area (Å²) in [5.41, 5.74) is 0. The lowest BCUT2D eigenvalue weighted by atomic mass is 10.00. The van der Waals surface area contributed by atoms with Gasteiger partial charge in [0.2, 0.25) is 0 Å². The summed E-state index contributed by atoms with van der Waals surface area (Å²) in [7, 11) is 0. The lowest BCUT2D eigenvalue weighted by Crippen LogP contribution is -2.48. The van der Waals surface area contributed by atoms with Gasteiger partial charge in [-0.05, 0) is 37.8 Å². The van der Waals surface area contributed by atoms with Gasteiger partial charge >= 0.3 is 0 Å². The summed E-state index contributed by atoms with van der Waals surface area (Å²) in [6, 6.07) is 5.34. The number of hydrogen-bond acceptors (Lipinski definition) is 3. The van der Waals surface area contributed by atoms with E-state index in [2.05, 4.69) is 10.6 Å². The number of rotatable bonds is 4. The van der Waals surface area contributed by atoms with Crippen molar-refractivity contribution in [3.63, 3.8) is 0 Å². The first-order valence-electron chi connectivity index (χ1n) is 7.23. The number of piperidine rings is 1. The fourth-order valence-electron chi connectivity index (χ4n) is 3.16. The van der Waals surface area contributed by atoms with E-state index in [1.165, 1.54) is 31.0 Å². The minimum Gasteiger partial charge on any atom is -0.484 e. The quantitative estimate of drug-likeness (QED) is 0.896. The van der Waals surface area contributed by atoms with E-state index in [4.69, 9.17) is 16.3 Å². The second-order valence-corrected chi connectivity index (χ2v) is 6.15. The molecule has 21 heavy (non-hydrogen) atoms. The Morgan fingerprint density at radius 1 is 1.38 bits per heavy atom. The fraction of sp³-hybridized carbons (Fsp3) is 0.533. The first-order chi connectivity index (χ1) is 10.1. The summed E-state index contributed by atoms with van der Waals surface area (Å²) in [6.07, 6.45) is 4.35. The molecular weight excluding hydrogens is 295 g/mol. The van der Waals surface area contributed by atoms with Crippen LogP contribution in [0, 0.1) is 5.82 Å². The smallest absolute Gasteiger partial charge is 0.258 e. The van der Waals surface area contributed by atoms with Crippen LogP contribution >= 0.6 is 11.6 Å². The third-order valence-corrected chi connectivity index (χ3v) is 4.39.